The van der Waals surface area contributed by atoms with E-state index in [0.29, 0.717) is 18.4 Å². The van der Waals surface area contributed by atoms with Crippen molar-refractivity contribution in [2.75, 3.05) is 6.61 Å². The van der Waals surface area contributed by atoms with Crippen molar-refractivity contribution in [2.24, 2.45) is 0 Å². The Hall–Kier alpha value is -0.420. The van der Waals surface area contributed by atoms with E-state index in [1.165, 1.54) is 13.8 Å². The molecule has 0 aromatic carbocycles. The van der Waals surface area contributed by atoms with Gasteiger partial charge in [-0.3, -0.25) is 0 Å². The van der Waals surface area contributed by atoms with Gasteiger partial charge in [0, 0.05) is 0 Å². The molecule has 0 heterocycles. The van der Waals surface area contributed by atoms with Gasteiger partial charge in [-0.15, -0.1) is 0 Å². The minimum Gasteiger partial charge on any atom is -0.393 e. The summed E-state index contributed by atoms with van der Waals surface area (Å²) in [4.78, 5) is 0. The standard InChI is InChI=1S/C10H20O4/c1-7(8(12)6-11)4-5-9(13)10(2,3)14/h8-9,11-14H,1,4-6H2,2-3H3/t8-,9?/m1/s1. The van der Waals surface area contributed by atoms with E-state index in [2.05, 4.69) is 6.58 Å². The number of rotatable bonds is 6. The van der Waals surface area contributed by atoms with Crippen LogP contribution in [-0.4, -0.2) is 44.8 Å². The van der Waals surface area contributed by atoms with Gasteiger partial charge in [-0.1, -0.05) is 6.58 Å². The molecule has 0 spiro atoms. The van der Waals surface area contributed by atoms with Crippen LogP contribution in [0.4, 0.5) is 0 Å². The summed E-state index contributed by atoms with van der Waals surface area (Å²) in [5, 5.41) is 36.6. The molecule has 14 heavy (non-hydrogen) atoms. The van der Waals surface area contributed by atoms with Crippen molar-refractivity contribution < 1.29 is 20.4 Å². The summed E-state index contributed by atoms with van der Waals surface area (Å²) in [5.74, 6) is 0. The molecule has 0 radical (unpaired) electrons. The molecule has 2 atom stereocenters. The first kappa shape index (κ1) is 13.6. The zero-order valence-electron chi connectivity index (χ0n) is 8.77. The van der Waals surface area contributed by atoms with Crippen LogP contribution in [0.1, 0.15) is 26.7 Å². The third kappa shape index (κ3) is 4.72. The van der Waals surface area contributed by atoms with Gasteiger partial charge in [-0.05, 0) is 32.3 Å². The zero-order valence-corrected chi connectivity index (χ0v) is 8.77. The van der Waals surface area contributed by atoms with Crippen molar-refractivity contribution in [2.45, 2.75) is 44.5 Å². The fraction of sp³-hybridized carbons (Fsp3) is 0.800. The molecule has 0 rings (SSSR count). The van der Waals surface area contributed by atoms with E-state index in [1.807, 2.05) is 0 Å². The van der Waals surface area contributed by atoms with Gasteiger partial charge in [0.15, 0.2) is 0 Å². The first-order valence-corrected chi connectivity index (χ1v) is 4.66. The first-order chi connectivity index (χ1) is 6.29. The molecule has 0 saturated heterocycles. The van der Waals surface area contributed by atoms with Crippen LogP contribution in [0.3, 0.4) is 0 Å². The molecule has 0 aliphatic rings. The summed E-state index contributed by atoms with van der Waals surface area (Å²) in [6.07, 6.45) is -1.10. The van der Waals surface area contributed by atoms with Crippen LogP contribution in [0.25, 0.3) is 0 Å². The smallest absolute Gasteiger partial charge is 0.0978 e. The van der Waals surface area contributed by atoms with Gasteiger partial charge in [0.2, 0.25) is 0 Å². The van der Waals surface area contributed by atoms with E-state index in [1.54, 1.807) is 0 Å². The molecule has 4 heteroatoms. The Labute approximate surface area is 84.5 Å². The second kappa shape index (κ2) is 5.46. The molecule has 0 saturated carbocycles. The molecular formula is C10H20O4. The van der Waals surface area contributed by atoms with Gasteiger partial charge in [0.25, 0.3) is 0 Å². The molecular weight excluding hydrogens is 184 g/mol. The van der Waals surface area contributed by atoms with Crippen LogP contribution in [0.2, 0.25) is 0 Å². The second-order valence-corrected chi connectivity index (χ2v) is 4.06. The van der Waals surface area contributed by atoms with E-state index >= 15 is 0 Å². The summed E-state index contributed by atoms with van der Waals surface area (Å²) in [6, 6.07) is 0. The number of hydrogen-bond donors (Lipinski definition) is 4. The minimum atomic E-state index is -1.15. The lowest BCUT2D eigenvalue weighted by Gasteiger charge is -2.25. The molecule has 0 aromatic rings. The van der Waals surface area contributed by atoms with Gasteiger partial charge >= 0.3 is 0 Å². The van der Waals surface area contributed by atoms with Gasteiger partial charge in [-0.2, -0.15) is 0 Å². The van der Waals surface area contributed by atoms with E-state index in [-0.39, 0.29) is 6.61 Å². The van der Waals surface area contributed by atoms with Crippen LogP contribution in [-0.2, 0) is 0 Å². The molecule has 0 aliphatic carbocycles. The SMILES string of the molecule is C=C(CCC(O)C(C)(C)O)[C@H](O)CO. The molecule has 4 N–H and O–H groups in total. The topological polar surface area (TPSA) is 80.9 Å². The quantitative estimate of drug-likeness (QED) is 0.452. The van der Waals surface area contributed by atoms with E-state index in [9.17, 15) is 10.2 Å². The lowest BCUT2D eigenvalue weighted by atomic mass is 9.95. The highest BCUT2D eigenvalue weighted by molar-refractivity contribution is 5.02. The Morgan fingerprint density at radius 2 is 1.86 bits per heavy atom. The maximum Gasteiger partial charge on any atom is 0.0978 e. The van der Waals surface area contributed by atoms with Crippen LogP contribution >= 0.6 is 0 Å². The highest BCUT2D eigenvalue weighted by atomic mass is 16.3. The Bertz CT molecular complexity index is 183. The van der Waals surface area contributed by atoms with E-state index in [0.717, 1.165) is 0 Å². The van der Waals surface area contributed by atoms with Gasteiger partial charge < -0.3 is 20.4 Å². The van der Waals surface area contributed by atoms with Crippen LogP contribution in [0.15, 0.2) is 12.2 Å². The van der Waals surface area contributed by atoms with Gasteiger partial charge in [0.05, 0.1) is 24.4 Å². The fourth-order valence-electron chi connectivity index (χ4n) is 0.971. The molecule has 84 valence electrons. The van der Waals surface area contributed by atoms with Crippen molar-refractivity contribution >= 4 is 0 Å². The lowest BCUT2D eigenvalue weighted by molar-refractivity contribution is -0.0515. The molecule has 1 unspecified atom stereocenters. The lowest BCUT2D eigenvalue weighted by Crippen LogP contribution is -2.36. The average Bonchev–Trinajstić information content (AvgIpc) is 2.10. The largest absolute Gasteiger partial charge is 0.393 e. The van der Waals surface area contributed by atoms with Crippen LogP contribution in [0, 0.1) is 0 Å². The summed E-state index contributed by atoms with van der Waals surface area (Å²) >= 11 is 0. The Kier molecular flexibility index (Phi) is 5.29. The normalized spacial score (nSPS) is 16.4. The maximum atomic E-state index is 9.45. The highest BCUT2D eigenvalue weighted by Crippen LogP contribution is 2.17. The number of hydrogen-bond acceptors (Lipinski definition) is 4. The predicted octanol–water partition coefficient (Wildman–Crippen LogP) is -0.192. The fourth-order valence-corrected chi connectivity index (χ4v) is 0.971. The number of aliphatic hydroxyl groups excluding tert-OH is 3. The third-order valence-electron chi connectivity index (χ3n) is 2.20. The monoisotopic (exact) mass is 204 g/mol. The first-order valence-electron chi connectivity index (χ1n) is 4.66. The summed E-state index contributed by atoms with van der Waals surface area (Å²) in [5.41, 5.74) is -0.680. The van der Waals surface area contributed by atoms with Crippen molar-refractivity contribution in [3.8, 4) is 0 Å². The molecule has 4 nitrogen and oxygen atoms in total. The minimum absolute atomic E-state index is 0.319. The Morgan fingerprint density at radius 3 is 2.21 bits per heavy atom. The second-order valence-electron chi connectivity index (χ2n) is 4.06. The van der Waals surface area contributed by atoms with Crippen molar-refractivity contribution in [1.29, 1.82) is 0 Å². The van der Waals surface area contributed by atoms with Gasteiger partial charge in [0.1, 0.15) is 0 Å². The summed E-state index contributed by atoms with van der Waals surface area (Å²) in [6.45, 7) is 6.25. The highest BCUT2D eigenvalue weighted by Gasteiger charge is 2.24. The zero-order chi connectivity index (χ0) is 11.4. The summed E-state index contributed by atoms with van der Waals surface area (Å²) in [7, 11) is 0. The predicted molar refractivity (Wildman–Crippen MR) is 53.8 cm³/mol. The molecule has 0 aromatic heterocycles. The van der Waals surface area contributed by atoms with Gasteiger partial charge in [-0.25, -0.2) is 0 Å². The van der Waals surface area contributed by atoms with Crippen LogP contribution in [0.5, 0.6) is 0 Å². The summed E-state index contributed by atoms with van der Waals surface area (Å²) < 4.78 is 0. The van der Waals surface area contributed by atoms with Crippen molar-refractivity contribution in [1.82, 2.24) is 0 Å². The van der Waals surface area contributed by atoms with Crippen molar-refractivity contribution in [3.63, 3.8) is 0 Å². The van der Waals surface area contributed by atoms with E-state index in [4.69, 9.17) is 10.2 Å². The maximum absolute atomic E-state index is 9.45. The molecule has 0 amide bonds. The Balaban J connectivity index is 3.89. The molecule has 0 bridgehead atoms. The van der Waals surface area contributed by atoms with Crippen LogP contribution < -0.4 is 0 Å². The average molecular weight is 204 g/mol. The molecule has 0 fully saturated rings. The van der Waals surface area contributed by atoms with Crippen molar-refractivity contribution in [3.05, 3.63) is 12.2 Å². The van der Waals surface area contributed by atoms with E-state index < -0.39 is 17.8 Å². The third-order valence-corrected chi connectivity index (χ3v) is 2.20. The molecule has 0 aliphatic heterocycles. The Morgan fingerprint density at radius 1 is 1.36 bits per heavy atom. The number of aliphatic hydroxyl groups is 4.